The first kappa shape index (κ1) is 13.4. The van der Waals surface area contributed by atoms with Crippen molar-refractivity contribution in [1.29, 1.82) is 0 Å². The van der Waals surface area contributed by atoms with Crippen LogP contribution in [0.4, 0.5) is 0 Å². The van der Waals surface area contributed by atoms with Crippen LogP contribution >= 0.6 is 11.6 Å². The predicted octanol–water partition coefficient (Wildman–Crippen LogP) is 2.53. The van der Waals surface area contributed by atoms with E-state index in [-0.39, 0.29) is 5.41 Å². The van der Waals surface area contributed by atoms with Crippen molar-refractivity contribution in [2.45, 2.75) is 17.6 Å². The summed E-state index contributed by atoms with van der Waals surface area (Å²) in [5.41, 5.74) is 1.13. The molecule has 2 atom stereocenters. The highest BCUT2D eigenvalue weighted by Crippen LogP contribution is 2.61. The summed E-state index contributed by atoms with van der Waals surface area (Å²) in [6.45, 7) is 2.03. The van der Waals surface area contributed by atoms with Gasteiger partial charge in [-0.05, 0) is 30.7 Å². The van der Waals surface area contributed by atoms with Crippen LogP contribution in [-0.2, 0) is 14.9 Å². The molecular formula is C15H20ClNO2. The summed E-state index contributed by atoms with van der Waals surface area (Å²) in [5.74, 6) is 0.0449. The van der Waals surface area contributed by atoms with Crippen LogP contribution in [0.1, 0.15) is 12.0 Å². The Balaban J connectivity index is 2.11. The molecule has 2 fully saturated rings. The molecule has 1 aliphatic heterocycles. The Kier molecular flexibility index (Phi) is 3.13. The monoisotopic (exact) mass is 281 g/mol. The summed E-state index contributed by atoms with van der Waals surface area (Å²) in [7, 11) is 5.63. The third-order valence-corrected chi connectivity index (χ3v) is 5.18. The first-order valence-corrected chi connectivity index (χ1v) is 7.01. The van der Waals surface area contributed by atoms with Gasteiger partial charge in [0.25, 0.3) is 0 Å². The molecule has 1 saturated carbocycles. The fraction of sp³-hybridized carbons (Fsp3) is 0.600. The van der Waals surface area contributed by atoms with Crippen LogP contribution in [0.2, 0.25) is 5.02 Å². The lowest BCUT2D eigenvalue weighted by molar-refractivity contribution is -0.314. The highest BCUT2D eigenvalue weighted by atomic mass is 35.5. The van der Waals surface area contributed by atoms with E-state index in [1.54, 1.807) is 14.2 Å². The van der Waals surface area contributed by atoms with Crippen LogP contribution in [0.5, 0.6) is 0 Å². The van der Waals surface area contributed by atoms with Gasteiger partial charge >= 0.3 is 0 Å². The molecule has 1 aliphatic carbocycles. The van der Waals surface area contributed by atoms with Crippen molar-refractivity contribution >= 4 is 11.6 Å². The van der Waals surface area contributed by atoms with Crippen LogP contribution < -0.4 is 0 Å². The molecule has 2 aliphatic rings. The zero-order valence-electron chi connectivity index (χ0n) is 11.6. The van der Waals surface area contributed by atoms with Gasteiger partial charge in [0.15, 0.2) is 5.79 Å². The topological polar surface area (TPSA) is 21.7 Å². The van der Waals surface area contributed by atoms with Crippen molar-refractivity contribution in [3.8, 4) is 0 Å². The number of halogens is 1. The van der Waals surface area contributed by atoms with E-state index >= 15 is 0 Å². The minimum Gasteiger partial charge on any atom is -0.352 e. The van der Waals surface area contributed by atoms with Crippen molar-refractivity contribution in [1.82, 2.24) is 4.90 Å². The lowest BCUT2D eigenvalue weighted by atomic mass is 9.53. The van der Waals surface area contributed by atoms with E-state index in [2.05, 4.69) is 24.1 Å². The van der Waals surface area contributed by atoms with Crippen LogP contribution in [0, 0.1) is 5.92 Å². The molecule has 4 heteroatoms. The molecule has 0 amide bonds. The average Bonchev–Trinajstić information content (AvgIpc) is 2.66. The van der Waals surface area contributed by atoms with Crippen LogP contribution in [0.25, 0.3) is 0 Å². The Hall–Kier alpha value is -0.610. The first-order chi connectivity index (χ1) is 9.08. The summed E-state index contributed by atoms with van der Waals surface area (Å²) in [4.78, 5) is 2.35. The minimum atomic E-state index is -0.521. The number of fused-ring (bicyclic) bond motifs is 1. The standard InChI is InChI=1S/C15H20ClNO2/c1-17-9-12-8-15(18-2,19-3)14(12,10-17)11-5-4-6-13(16)7-11/h4-7,12H,8-10H2,1-3H3. The molecule has 1 heterocycles. The quantitative estimate of drug-likeness (QED) is 0.795. The Bertz CT molecular complexity index is 489. The summed E-state index contributed by atoms with van der Waals surface area (Å²) in [6, 6.07) is 8.12. The van der Waals surface area contributed by atoms with E-state index in [0.29, 0.717) is 5.92 Å². The first-order valence-electron chi connectivity index (χ1n) is 6.63. The molecule has 1 aromatic carbocycles. The molecule has 0 N–H and O–H groups in total. The maximum atomic E-state index is 6.18. The van der Waals surface area contributed by atoms with E-state index < -0.39 is 5.79 Å². The highest BCUT2D eigenvalue weighted by Gasteiger charge is 2.70. The number of likely N-dealkylation sites (tertiary alicyclic amines) is 1. The fourth-order valence-corrected chi connectivity index (χ4v) is 4.31. The maximum absolute atomic E-state index is 6.18. The van der Waals surface area contributed by atoms with E-state index in [1.807, 2.05) is 12.1 Å². The average molecular weight is 282 g/mol. The molecular weight excluding hydrogens is 262 g/mol. The summed E-state index contributed by atoms with van der Waals surface area (Å²) >= 11 is 6.18. The number of nitrogens with zero attached hydrogens (tertiary/aromatic N) is 1. The molecule has 0 spiro atoms. The van der Waals surface area contributed by atoms with Gasteiger partial charge in [-0.1, -0.05) is 23.7 Å². The van der Waals surface area contributed by atoms with Crippen molar-refractivity contribution < 1.29 is 9.47 Å². The molecule has 0 radical (unpaired) electrons. The van der Waals surface area contributed by atoms with Gasteiger partial charge in [0.1, 0.15) is 0 Å². The van der Waals surface area contributed by atoms with Gasteiger partial charge in [-0.15, -0.1) is 0 Å². The summed E-state index contributed by atoms with van der Waals surface area (Å²) < 4.78 is 11.6. The summed E-state index contributed by atoms with van der Waals surface area (Å²) in [5, 5.41) is 0.771. The van der Waals surface area contributed by atoms with Crippen LogP contribution in [0.15, 0.2) is 24.3 Å². The molecule has 1 saturated heterocycles. The maximum Gasteiger partial charge on any atom is 0.179 e. The Labute approximate surface area is 119 Å². The molecule has 104 valence electrons. The Morgan fingerprint density at radius 1 is 1.32 bits per heavy atom. The molecule has 1 aromatic rings. The van der Waals surface area contributed by atoms with Crippen molar-refractivity contribution in [2.24, 2.45) is 5.92 Å². The molecule has 0 bridgehead atoms. The number of likely N-dealkylation sites (N-methyl/N-ethyl adjacent to an activating group) is 1. The third-order valence-electron chi connectivity index (χ3n) is 4.94. The van der Waals surface area contributed by atoms with Crippen LogP contribution in [-0.4, -0.2) is 45.0 Å². The Morgan fingerprint density at radius 3 is 2.63 bits per heavy atom. The molecule has 3 rings (SSSR count). The van der Waals surface area contributed by atoms with Gasteiger partial charge in [-0.2, -0.15) is 0 Å². The van der Waals surface area contributed by atoms with Gasteiger partial charge in [0.2, 0.25) is 0 Å². The number of methoxy groups -OCH3 is 2. The number of ether oxygens (including phenoxy) is 2. The molecule has 19 heavy (non-hydrogen) atoms. The minimum absolute atomic E-state index is 0.101. The highest BCUT2D eigenvalue weighted by molar-refractivity contribution is 6.30. The second kappa shape index (κ2) is 4.45. The van der Waals surface area contributed by atoms with Gasteiger partial charge in [0.05, 0.1) is 5.41 Å². The zero-order valence-corrected chi connectivity index (χ0v) is 12.4. The van der Waals surface area contributed by atoms with Crippen LogP contribution in [0.3, 0.4) is 0 Å². The lowest BCUT2D eigenvalue weighted by Crippen LogP contribution is -2.68. The van der Waals surface area contributed by atoms with Gasteiger partial charge in [0, 0.05) is 38.8 Å². The zero-order chi connectivity index (χ0) is 13.7. The normalized spacial score (nSPS) is 32.9. The number of hydrogen-bond acceptors (Lipinski definition) is 3. The number of rotatable bonds is 3. The molecule has 3 nitrogen and oxygen atoms in total. The number of benzene rings is 1. The van der Waals surface area contributed by atoms with Crippen molar-refractivity contribution in [3.05, 3.63) is 34.9 Å². The van der Waals surface area contributed by atoms with Gasteiger partial charge in [-0.3, -0.25) is 0 Å². The van der Waals surface area contributed by atoms with Crippen molar-refractivity contribution in [2.75, 3.05) is 34.4 Å². The second-order valence-corrected chi connectivity index (χ2v) is 6.18. The smallest absolute Gasteiger partial charge is 0.179 e. The van der Waals surface area contributed by atoms with E-state index in [1.165, 1.54) is 5.56 Å². The van der Waals surface area contributed by atoms with E-state index in [4.69, 9.17) is 21.1 Å². The predicted molar refractivity (Wildman–Crippen MR) is 75.5 cm³/mol. The lowest BCUT2D eigenvalue weighted by Gasteiger charge is -2.59. The van der Waals surface area contributed by atoms with E-state index in [0.717, 1.165) is 24.5 Å². The second-order valence-electron chi connectivity index (χ2n) is 5.74. The van der Waals surface area contributed by atoms with Crippen molar-refractivity contribution in [3.63, 3.8) is 0 Å². The summed E-state index contributed by atoms with van der Waals surface area (Å²) in [6.07, 6.45) is 0.941. The largest absolute Gasteiger partial charge is 0.352 e. The SMILES string of the molecule is COC1(OC)CC2CN(C)CC21c1cccc(Cl)c1. The molecule has 0 aromatic heterocycles. The Morgan fingerprint density at radius 2 is 2.05 bits per heavy atom. The molecule has 2 unspecified atom stereocenters. The third kappa shape index (κ3) is 1.62. The van der Waals surface area contributed by atoms with E-state index in [9.17, 15) is 0 Å². The fourth-order valence-electron chi connectivity index (χ4n) is 4.12. The van der Waals surface area contributed by atoms with Gasteiger partial charge in [-0.25, -0.2) is 0 Å². The van der Waals surface area contributed by atoms with Gasteiger partial charge < -0.3 is 14.4 Å². The number of hydrogen-bond donors (Lipinski definition) is 0.